The van der Waals surface area contributed by atoms with Crippen LogP contribution in [0.3, 0.4) is 0 Å². The number of methoxy groups -OCH3 is 1. The summed E-state index contributed by atoms with van der Waals surface area (Å²) in [5.41, 5.74) is 4.29. The van der Waals surface area contributed by atoms with Crippen LogP contribution in [0.2, 0.25) is 0 Å². The molecule has 1 fully saturated rings. The van der Waals surface area contributed by atoms with Gasteiger partial charge in [0, 0.05) is 17.2 Å². The number of allylic oxidation sites excluding steroid dienone is 2. The van der Waals surface area contributed by atoms with Crippen LogP contribution in [0.4, 0.5) is 0 Å². The minimum absolute atomic E-state index is 0.194. The van der Waals surface area contributed by atoms with Crippen LogP contribution in [0.25, 0.3) is 0 Å². The minimum atomic E-state index is -0.194. The molecule has 2 aliphatic carbocycles. The highest BCUT2D eigenvalue weighted by atomic mass is 16.5. The van der Waals surface area contributed by atoms with Crippen molar-refractivity contribution in [3.05, 3.63) is 42.0 Å². The molecule has 0 bridgehead atoms. The van der Waals surface area contributed by atoms with Gasteiger partial charge in [0.15, 0.2) is 0 Å². The largest absolute Gasteiger partial charge is 0.497 e. The first kappa shape index (κ1) is 12.0. The first-order valence-electron chi connectivity index (χ1n) is 6.45. The van der Waals surface area contributed by atoms with Crippen LogP contribution in [-0.2, 0) is 0 Å². The number of amides is 1. The summed E-state index contributed by atoms with van der Waals surface area (Å²) in [4.78, 5) is 12.0. The van der Waals surface area contributed by atoms with E-state index in [1.165, 1.54) is 0 Å². The second-order valence-electron chi connectivity index (χ2n) is 4.91. The maximum atomic E-state index is 12.0. The molecule has 0 aliphatic heterocycles. The summed E-state index contributed by atoms with van der Waals surface area (Å²) in [6.07, 6.45) is 6.47. The molecule has 2 unspecified atom stereocenters. The number of hydrogen-bond acceptors (Lipinski definition) is 3. The molecular weight excluding hydrogens is 240 g/mol. The molecule has 4 nitrogen and oxygen atoms in total. The molecule has 1 aromatic rings. The average Bonchev–Trinajstić information content (AvgIpc) is 2.80. The van der Waals surface area contributed by atoms with E-state index in [-0.39, 0.29) is 5.91 Å². The summed E-state index contributed by atoms with van der Waals surface area (Å²) in [7, 11) is 1.58. The summed E-state index contributed by atoms with van der Waals surface area (Å²) in [5, 5.41) is 4.24. The number of rotatable bonds is 3. The van der Waals surface area contributed by atoms with Gasteiger partial charge in [0.2, 0.25) is 0 Å². The summed E-state index contributed by atoms with van der Waals surface area (Å²) in [5.74, 6) is 1.64. The van der Waals surface area contributed by atoms with Crippen molar-refractivity contribution < 1.29 is 9.53 Å². The molecule has 4 heteroatoms. The van der Waals surface area contributed by atoms with E-state index in [9.17, 15) is 4.79 Å². The molecule has 3 rings (SSSR count). The van der Waals surface area contributed by atoms with E-state index in [0.717, 1.165) is 18.6 Å². The van der Waals surface area contributed by atoms with Gasteiger partial charge in [0.05, 0.1) is 7.11 Å². The second kappa shape index (κ2) is 4.88. The predicted molar refractivity (Wildman–Crippen MR) is 73.2 cm³/mol. The molecule has 2 aliphatic rings. The number of fused-ring (bicyclic) bond motifs is 1. The fourth-order valence-corrected chi connectivity index (χ4v) is 2.61. The average molecular weight is 256 g/mol. The van der Waals surface area contributed by atoms with Crippen LogP contribution < -0.4 is 10.2 Å². The van der Waals surface area contributed by atoms with Gasteiger partial charge < -0.3 is 4.74 Å². The van der Waals surface area contributed by atoms with Gasteiger partial charge >= 0.3 is 0 Å². The minimum Gasteiger partial charge on any atom is -0.497 e. The summed E-state index contributed by atoms with van der Waals surface area (Å²) >= 11 is 0. The van der Waals surface area contributed by atoms with E-state index in [1.807, 2.05) is 6.07 Å². The number of hydrazone groups is 1. The van der Waals surface area contributed by atoms with Crippen LogP contribution in [-0.4, -0.2) is 18.7 Å². The Labute approximate surface area is 112 Å². The Morgan fingerprint density at radius 2 is 2.37 bits per heavy atom. The van der Waals surface area contributed by atoms with Crippen molar-refractivity contribution in [2.24, 2.45) is 16.9 Å². The lowest BCUT2D eigenvalue weighted by molar-refractivity contribution is 0.0953. The molecule has 1 saturated carbocycles. The normalized spacial score (nSPS) is 25.8. The van der Waals surface area contributed by atoms with Gasteiger partial charge in [-0.1, -0.05) is 18.2 Å². The molecule has 0 saturated heterocycles. The zero-order valence-corrected chi connectivity index (χ0v) is 10.8. The Hall–Kier alpha value is -2.10. The van der Waals surface area contributed by atoms with Gasteiger partial charge in [0.25, 0.3) is 5.91 Å². The fourth-order valence-electron chi connectivity index (χ4n) is 2.61. The molecule has 1 aromatic carbocycles. The molecule has 2 atom stereocenters. The molecule has 1 N–H and O–H groups in total. The lowest BCUT2D eigenvalue weighted by atomic mass is 9.74. The van der Waals surface area contributed by atoms with Crippen molar-refractivity contribution in [1.29, 1.82) is 0 Å². The number of carbonyl (C=O) groups excluding carboxylic acids is 1. The Morgan fingerprint density at radius 1 is 1.47 bits per heavy atom. The number of nitrogens with zero attached hydrogens (tertiary/aromatic N) is 1. The first-order valence-corrected chi connectivity index (χ1v) is 6.45. The number of hydrogen-bond donors (Lipinski definition) is 1. The maximum Gasteiger partial charge on any atom is 0.271 e. The Bertz CT molecular complexity index is 563. The number of benzene rings is 1. The zero-order chi connectivity index (χ0) is 13.2. The summed E-state index contributed by atoms with van der Waals surface area (Å²) in [6.45, 7) is 0. The molecule has 98 valence electrons. The van der Waals surface area contributed by atoms with Crippen LogP contribution in [0.15, 0.2) is 41.5 Å². The quantitative estimate of drug-likeness (QED) is 0.666. The van der Waals surface area contributed by atoms with Gasteiger partial charge in [-0.15, -0.1) is 0 Å². The van der Waals surface area contributed by atoms with E-state index in [4.69, 9.17) is 4.74 Å². The van der Waals surface area contributed by atoms with Gasteiger partial charge in [0.1, 0.15) is 5.75 Å². The van der Waals surface area contributed by atoms with Crippen molar-refractivity contribution >= 4 is 11.6 Å². The lowest BCUT2D eigenvalue weighted by Gasteiger charge is -2.31. The van der Waals surface area contributed by atoms with Crippen LogP contribution in [0.5, 0.6) is 5.75 Å². The number of carbonyl (C=O) groups is 1. The van der Waals surface area contributed by atoms with Gasteiger partial charge in [-0.25, -0.2) is 5.43 Å². The third-order valence-corrected chi connectivity index (χ3v) is 3.80. The third kappa shape index (κ3) is 2.26. The van der Waals surface area contributed by atoms with Crippen molar-refractivity contribution in [3.63, 3.8) is 0 Å². The van der Waals surface area contributed by atoms with E-state index < -0.39 is 0 Å². The molecule has 0 spiro atoms. The van der Waals surface area contributed by atoms with Gasteiger partial charge in [-0.05, 0) is 37.0 Å². The summed E-state index contributed by atoms with van der Waals surface area (Å²) in [6, 6.07) is 7.06. The van der Waals surface area contributed by atoms with E-state index >= 15 is 0 Å². The molecular formula is C15H16N2O2. The van der Waals surface area contributed by atoms with Crippen molar-refractivity contribution in [2.75, 3.05) is 7.11 Å². The maximum absolute atomic E-state index is 12.0. The van der Waals surface area contributed by atoms with Crippen molar-refractivity contribution in [2.45, 2.75) is 12.8 Å². The molecule has 0 aromatic heterocycles. The smallest absolute Gasteiger partial charge is 0.271 e. The number of ether oxygens (including phenoxy) is 1. The third-order valence-electron chi connectivity index (χ3n) is 3.80. The van der Waals surface area contributed by atoms with Crippen LogP contribution >= 0.6 is 0 Å². The molecule has 0 radical (unpaired) electrons. The molecule has 19 heavy (non-hydrogen) atoms. The van der Waals surface area contributed by atoms with Crippen molar-refractivity contribution in [3.8, 4) is 5.75 Å². The second-order valence-corrected chi connectivity index (χ2v) is 4.91. The Balaban J connectivity index is 1.64. The van der Waals surface area contributed by atoms with Crippen molar-refractivity contribution in [1.82, 2.24) is 5.43 Å². The topological polar surface area (TPSA) is 50.7 Å². The van der Waals surface area contributed by atoms with Crippen LogP contribution in [0.1, 0.15) is 23.2 Å². The number of nitrogens with one attached hydrogen (secondary N) is 1. The van der Waals surface area contributed by atoms with E-state index in [0.29, 0.717) is 23.1 Å². The van der Waals surface area contributed by atoms with Crippen LogP contribution in [0, 0.1) is 11.8 Å². The van der Waals surface area contributed by atoms with E-state index in [2.05, 4.69) is 22.7 Å². The SMILES string of the molecule is COc1cccc(C(=O)N/N=C2/CC3C=CCC23)c1. The monoisotopic (exact) mass is 256 g/mol. The summed E-state index contributed by atoms with van der Waals surface area (Å²) < 4.78 is 5.10. The zero-order valence-electron chi connectivity index (χ0n) is 10.8. The lowest BCUT2D eigenvalue weighted by Crippen LogP contribution is -2.35. The fraction of sp³-hybridized carbons (Fsp3) is 0.333. The highest BCUT2D eigenvalue weighted by Gasteiger charge is 2.37. The molecule has 0 heterocycles. The Kier molecular flexibility index (Phi) is 3.07. The van der Waals surface area contributed by atoms with Gasteiger partial charge in [-0.2, -0.15) is 5.10 Å². The standard InChI is InChI=1S/C15H16N2O2/c1-19-12-6-2-5-11(8-12)15(18)17-16-14-9-10-4-3-7-13(10)14/h2-6,8,10,13H,7,9H2,1H3,(H,17,18)/b16-14-. The first-order chi connectivity index (χ1) is 9.28. The van der Waals surface area contributed by atoms with Gasteiger partial charge in [-0.3, -0.25) is 4.79 Å². The highest BCUT2D eigenvalue weighted by Crippen LogP contribution is 2.40. The van der Waals surface area contributed by atoms with E-state index in [1.54, 1.807) is 25.3 Å². The predicted octanol–water partition coefficient (Wildman–Crippen LogP) is 2.38. The molecule has 1 amide bonds. The highest BCUT2D eigenvalue weighted by molar-refractivity contribution is 5.98. The Morgan fingerprint density at radius 3 is 3.16 bits per heavy atom.